The Kier molecular flexibility index (Phi) is 10.6. The Labute approximate surface area is 89.9 Å². The maximum Gasteiger partial charge on any atom is 0.305 e. The summed E-state index contributed by atoms with van der Waals surface area (Å²) in [5.41, 5.74) is 3.49. The van der Waals surface area contributed by atoms with Gasteiger partial charge in [-0.15, -0.1) is 0 Å². The number of carbonyl (C=O) groups is 1. The van der Waals surface area contributed by atoms with E-state index in [2.05, 4.69) is 17.0 Å². The Morgan fingerprint density at radius 3 is 2.33 bits per heavy atom. The Hall–Kier alpha value is -0.920. The van der Waals surface area contributed by atoms with Crippen molar-refractivity contribution < 1.29 is 28.2 Å². The number of quaternary nitrogens is 1. The Balaban J connectivity index is 0. The van der Waals surface area contributed by atoms with E-state index in [1.165, 1.54) is 0 Å². The van der Waals surface area contributed by atoms with Gasteiger partial charge in [0.2, 0.25) is 0 Å². The zero-order valence-electron chi connectivity index (χ0n) is 8.77. The molecule has 0 aliphatic heterocycles. The van der Waals surface area contributed by atoms with Crippen LogP contribution in [0, 0.1) is 0 Å². The van der Waals surface area contributed by atoms with E-state index in [1.54, 1.807) is 13.0 Å². The molecule has 0 aromatic heterocycles. The average molecular weight is 239 g/mol. The van der Waals surface area contributed by atoms with Crippen LogP contribution >= 0.6 is 0 Å². The minimum Gasteiger partial charge on any atom is -0.748 e. The minimum atomic E-state index is -4.26. The summed E-state index contributed by atoms with van der Waals surface area (Å²) in [6.07, 6.45) is 1.94. The van der Waals surface area contributed by atoms with Crippen molar-refractivity contribution in [2.45, 2.75) is 13.3 Å². The molecule has 0 fully saturated rings. The molecule has 0 heterocycles. The standard InChI is InChI=1S/C5H10O5S.C3H7N/c1-2-5(6)10-3-4-11(7,8)9;1-2-3-4/h2-4H2,1H3,(H,7,8,9);2H,1,3-4H2. The van der Waals surface area contributed by atoms with Gasteiger partial charge in [-0.1, -0.05) is 13.5 Å². The number of esters is 1. The fourth-order valence-corrected chi connectivity index (χ4v) is 0.647. The highest BCUT2D eigenvalue weighted by Crippen LogP contribution is 1.87. The van der Waals surface area contributed by atoms with Gasteiger partial charge in [-0.2, -0.15) is 0 Å². The first-order valence-electron chi connectivity index (χ1n) is 4.36. The molecule has 0 atom stereocenters. The third-order valence-electron chi connectivity index (χ3n) is 1.09. The van der Waals surface area contributed by atoms with Crippen molar-refractivity contribution in [2.75, 3.05) is 18.9 Å². The molecule has 0 bridgehead atoms. The van der Waals surface area contributed by atoms with Crippen molar-refractivity contribution in [3.8, 4) is 0 Å². The van der Waals surface area contributed by atoms with Crippen LogP contribution in [0.3, 0.4) is 0 Å². The quantitative estimate of drug-likeness (QED) is 0.372. The predicted octanol–water partition coefficient (Wildman–Crippen LogP) is -1.10. The Morgan fingerprint density at radius 1 is 1.60 bits per heavy atom. The molecule has 0 amide bonds. The minimum absolute atomic E-state index is 0.179. The average Bonchev–Trinajstić information content (AvgIpc) is 2.16. The van der Waals surface area contributed by atoms with Gasteiger partial charge in [-0.3, -0.25) is 4.79 Å². The molecule has 0 aliphatic carbocycles. The van der Waals surface area contributed by atoms with Gasteiger partial charge in [-0.05, 0) is 6.08 Å². The molecule has 0 saturated heterocycles. The lowest BCUT2D eigenvalue weighted by Gasteiger charge is -2.06. The van der Waals surface area contributed by atoms with E-state index in [4.69, 9.17) is 0 Å². The van der Waals surface area contributed by atoms with Crippen LogP contribution in [0.25, 0.3) is 0 Å². The zero-order chi connectivity index (χ0) is 12.3. The fraction of sp³-hybridized carbons (Fsp3) is 0.625. The molecule has 6 nitrogen and oxygen atoms in total. The molecule has 0 saturated carbocycles. The molecule has 0 unspecified atom stereocenters. The topological polar surface area (TPSA) is 111 Å². The number of rotatable bonds is 5. The largest absolute Gasteiger partial charge is 0.748 e. The first-order valence-corrected chi connectivity index (χ1v) is 5.94. The molecule has 15 heavy (non-hydrogen) atoms. The van der Waals surface area contributed by atoms with E-state index in [0.29, 0.717) is 0 Å². The summed E-state index contributed by atoms with van der Waals surface area (Å²) >= 11 is 0. The van der Waals surface area contributed by atoms with E-state index < -0.39 is 21.8 Å². The molecule has 0 rings (SSSR count). The van der Waals surface area contributed by atoms with E-state index >= 15 is 0 Å². The first-order chi connectivity index (χ1) is 6.87. The normalized spacial score (nSPS) is 9.80. The third-order valence-corrected chi connectivity index (χ3v) is 1.76. The summed E-state index contributed by atoms with van der Waals surface area (Å²) in [6.45, 7) is 5.48. The van der Waals surface area contributed by atoms with Crippen molar-refractivity contribution in [1.82, 2.24) is 0 Å². The van der Waals surface area contributed by atoms with E-state index in [0.717, 1.165) is 6.54 Å². The van der Waals surface area contributed by atoms with E-state index in [-0.39, 0.29) is 13.0 Å². The fourth-order valence-electron chi connectivity index (χ4n) is 0.360. The van der Waals surface area contributed by atoms with Gasteiger partial charge in [0.1, 0.15) is 6.61 Å². The highest BCUT2D eigenvalue weighted by molar-refractivity contribution is 7.85. The lowest BCUT2D eigenvalue weighted by molar-refractivity contribution is -0.352. The Bertz CT molecular complexity index is 273. The molecular weight excluding hydrogens is 222 g/mol. The number of ether oxygens (including phenoxy) is 1. The molecule has 0 aromatic rings. The maximum absolute atomic E-state index is 10.4. The van der Waals surface area contributed by atoms with Crippen molar-refractivity contribution in [3.63, 3.8) is 0 Å². The van der Waals surface area contributed by atoms with Crippen molar-refractivity contribution in [3.05, 3.63) is 12.7 Å². The lowest BCUT2D eigenvalue weighted by atomic mass is 10.5. The second kappa shape index (κ2) is 9.63. The van der Waals surface area contributed by atoms with Crippen LogP contribution < -0.4 is 5.73 Å². The summed E-state index contributed by atoms with van der Waals surface area (Å²) in [5.74, 6) is -1.16. The van der Waals surface area contributed by atoms with Crippen LogP contribution in [-0.2, 0) is 19.6 Å². The molecule has 7 heteroatoms. The second-order valence-corrected chi connectivity index (χ2v) is 3.94. The number of hydrogen-bond donors (Lipinski definition) is 1. The highest BCUT2D eigenvalue weighted by Gasteiger charge is 1.99. The maximum atomic E-state index is 10.4. The third kappa shape index (κ3) is 19.5. The SMILES string of the molecule is C=CC[NH3+].CCC(=O)OCCS(=O)(=O)[O-]. The molecule has 90 valence electrons. The number of hydrogen-bond acceptors (Lipinski definition) is 5. The van der Waals surface area contributed by atoms with Gasteiger partial charge in [-0.25, -0.2) is 8.42 Å². The number of carbonyl (C=O) groups excluding carboxylic acids is 1. The van der Waals surface area contributed by atoms with Crippen LogP contribution in [0.1, 0.15) is 13.3 Å². The summed E-state index contributed by atoms with van der Waals surface area (Å²) in [5, 5.41) is 0. The van der Waals surface area contributed by atoms with Crippen molar-refractivity contribution in [2.24, 2.45) is 0 Å². The first kappa shape index (κ1) is 16.5. The van der Waals surface area contributed by atoms with Crippen LogP contribution in [0.2, 0.25) is 0 Å². The molecule has 0 radical (unpaired) electrons. The molecule has 0 aliphatic rings. The van der Waals surface area contributed by atoms with Crippen LogP contribution in [0.5, 0.6) is 0 Å². The molecule has 0 spiro atoms. The van der Waals surface area contributed by atoms with Crippen molar-refractivity contribution in [1.29, 1.82) is 0 Å². The monoisotopic (exact) mass is 239 g/mol. The van der Waals surface area contributed by atoms with Gasteiger partial charge in [0.15, 0.2) is 0 Å². The van der Waals surface area contributed by atoms with Crippen LogP contribution in [0.4, 0.5) is 0 Å². The smallest absolute Gasteiger partial charge is 0.305 e. The van der Waals surface area contributed by atoms with Gasteiger partial charge < -0.3 is 15.0 Å². The summed E-state index contributed by atoms with van der Waals surface area (Å²) in [6, 6.07) is 0. The van der Waals surface area contributed by atoms with Gasteiger partial charge in [0, 0.05) is 6.42 Å². The zero-order valence-corrected chi connectivity index (χ0v) is 9.59. The molecule has 3 N–H and O–H groups in total. The Morgan fingerprint density at radius 2 is 2.07 bits per heavy atom. The molecule has 0 aromatic carbocycles. The van der Waals surface area contributed by atoms with Crippen molar-refractivity contribution >= 4 is 16.1 Å². The van der Waals surface area contributed by atoms with E-state index in [9.17, 15) is 17.8 Å². The molecular formula is C8H17NO5S. The summed E-state index contributed by atoms with van der Waals surface area (Å²) < 4.78 is 34.2. The lowest BCUT2D eigenvalue weighted by Crippen LogP contribution is -2.48. The highest BCUT2D eigenvalue weighted by atomic mass is 32.2. The van der Waals surface area contributed by atoms with Gasteiger partial charge >= 0.3 is 5.97 Å². The summed E-state index contributed by atoms with van der Waals surface area (Å²) in [7, 11) is -4.26. The second-order valence-electron chi connectivity index (χ2n) is 2.41. The predicted molar refractivity (Wildman–Crippen MR) is 53.8 cm³/mol. The van der Waals surface area contributed by atoms with Crippen LogP contribution in [-0.4, -0.2) is 37.8 Å². The van der Waals surface area contributed by atoms with E-state index in [1.807, 2.05) is 0 Å². The van der Waals surface area contributed by atoms with Gasteiger partial charge in [0.05, 0.1) is 22.4 Å². The summed E-state index contributed by atoms with van der Waals surface area (Å²) in [4.78, 5) is 10.4. The van der Waals surface area contributed by atoms with Gasteiger partial charge in [0.25, 0.3) is 0 Å². The van der Waals surface area contributed by atoms with Crippen LogP contribution in [0.15, 0.2) is 12.7 Å².